The van der Waals surface area contributed by atoms with Gasteiger partial charge in [-0.15, -0.1) is 0 Å². The second kappa shape index (κ2) is 7.46. The summed E-state index contributed by atoms with van der Waals surface area (Å²) in [6.45, 7) is 15.4. The third-order valence-corrected chi connectivity index (χ3v) is 4.34. The fraction of sp³-hybridized carbons (Fsp3) is 1.00. The van der Waals surface area contributed by atoms with Gasteiger partial charge in [0.1, 0.15) is 0 Å². The summed E-state index contributed by atoms with van der Waals surface area (Å²) >= 11 is 0. The van der Waals surface area contributed by atoms with Crippen LogP contribution in [0.15, 0.2) is 0 Å². The van der Waals surface area contributed by atoms with E-state index in [-0.39, 0.29) is 0 Å². The minimum atomic E-state index is 0.665. The average molecular weight is 255 g/mol. The third-order valence-electron chi connectivity index (χ3n) is 4.34. The van der Waals surface area contributed by atoms with Crippen LogP contribution in [-0.2, 0) is 0 Å². The molecule has 0 spiro atoms. The Morgan fingerprint density at radius 3 is 2.39 bits per heavy atom. The van der Waals surface area contributed by atoms with Gasteiger partial charge in [0, 0.05) is 31.7 Å². The summed E-state index contributed by atoms with van der Waals surface area (Å²) in [5, 5.41) is 0. The van der Waals surface area contributed by atoms with Gasteiger partial charge >= 0.3 is 0 Å². The van der Waals surface area contributed by atoms with Crippen LogP contribution < -0.4 is 0 Å². The number of piperazine rings is 1. The molecule has 1 aliphatic rings. The van der Waals surface area contributed by atoms with Gasteiger partial charge in [-0.3, -0.25) is 4.90 Å². The molecule has 18 heavy (non-hydrogen) atoms. The van der Waals surface area contributed by atoms with E-state index in [1.54, 1.807) is 0 Å². The number of likely N-dealkylation sites (N-methyl/N-ethyl adjacent to an activating group) is 1. The molecular formula is C15H33N3. The minimum absolute atomic E-state index is 0.665. The summed E-state index contributed by atoms with van der Waals surface area (Å²) in [5.74, 6) is 0.760. The molecule has 0 saturated carbocycles. The van der Waals surface area contributed by atoms with Crippen LogP contribution in [0.3, 0.4) is 0 Å². The van der Waals surface area contributed by atoms with Crippen LogP contribution in [0.4, 0.5) is 0 Å². The first kappa shape index (κ1) is 15.9. The van der Waals surface area contributed by atoms with E-state index in [9.17, 15) is 0 Å². The van der Waals surface area contributed by atoms with Crippen LogP contribution in [0.2, 0.25) is 0 Å². The van der Waals surface area contributed by atoms with Crippen molar-refractivity contribution < 1.29 is 0 Å². The zero-order chi connectivity index (χ0) is 13.7. The number of rotatable bonds is 6. The first-order valence-corrected chi connectivity index (χ1v) is 7.54. The van der Waals surface area contributed by atoms with Gasteiger partial charge in [0.2, 0.25) is 0 Å². The van der Waals surface area contributed by atoms with E-state index in [1.165, 1.54) is 39.1 Å². The lowest BCUT2D eigenvalue weighted by molar-refractivity contribution is 0.0596. The van der Waals surface area contributed by atoms with E-state index in [2.05, 4.69) is 56.5 Å². The molecule has 1 fully saturated rings. The van der Waals surface area contributed by atoms with Crippen molar-refractivity contribution in [2.24, 2.45) is 5.92 Å². The summed E-state index contributed by atoms with van der Waals surface area (Å²) in [6, 6.07) is 1.41. The molecule has 0 amide bonds. The highest BCUT2D eigenvalue weighted by Gasteiger charge is 2.26. The maximum atomic E-state index is 2.71. The zero-order valence-electron chi connectivity index (χ0n) is 13.3. The van der Waals surface area contributed by atoms with Gasteiger partial charge < -0.3 is 9.80 Å². The fourth-order valence-electron chi connectivity index (χ4n) is 2.68. The summed E-state index contributed by atoms with van der Waals surface area (Å²) in [4.78, 5) is 7.63. The SMILES string of the molecule is CC(C)C1CN(C)CCN1CCCN(C)C(C)C. The topological polar surface area (TPSA) is 9.72 Å². The Hall–Kier alpha value is -0.120. The molecule has 0 aromatic carbocycles. The van der Waals surface area contributed by atoms with Crippen LogP contribution in [0, 0.1) is 5.92 Å². The van der Waals surface area contributed by atoms with Crippen molar-refractivity contribution in [3.05, 3.63) is 0 Å². The molecule has 0 bridgehead atoms. The number of hydrogen-bond donors (Lipinski definition) is 0. The van der Waals surface area contributed by atoms with Crippen molar-refractivity contribution in [2.75, 3.05) is 46.8 Å². The fourth-order valence-corrected chi connectivity index (χ4v) is 2.68. The molecule has 108 valence electrons. The molecule has 1 aliphatic heterocycles. The van der Waals surface area contributed by atoms with Crippen molar-refractivity contribution in [1.82, 2.24) is 14.7 Å². The number of hydrogen-bond acceptors (Lipinski definition) is 3. The highest BCUT2D eigenvalue weighted by Crippen LogP contribution is 2.16. The molecule has 1 heterocycles. The van der Waals surface area contributed by atoms with E-state index in [4.69, 9.17) is 0 Å². The van der Waals surface area contributed by atoms with Gasteiger partial charge in [-0.1, -0.05) is 13.8 Å². The standard InChI is InChI=1S/C15H33N3/c1-13(2)15-12-16(5)10-11-18(15)9-7-8-17(6)14(3)4/h13-15H,7-12H2,1-6H3. The monoisotopic (exact) mass is 255 g/mol. The molecule has 0 aromatic rings. The van der Waals surface area contributed by atoms with Gasteiger partial charge in [-0.2, -0.15) is 0 Å². The van der Waals surface area contributed by atoms with E-state index in [1.807, 2.05) is 0 Å². The molecule has 1 atom stereocenters. The van der Waals surface area contributed by atoms with Gasteiger partial charge in [0.15, 0.2) is 0 Å². The Bertz CT molecular complexity index is 228. The van der Waals surface area contributed by atoms with E-state index < -0.39 is 0 Å². The highest BCUT2D eigenvalue weighted by molar-refractivity contribution is 4.83. The Balaban J connectivity index is 2.35. The quantitative estimate of drug-likeness (QED) is 0.719. The minimum Gasteiger partial charge on any atom is -0.304 e. The lowest BCUT2D eigenvalue weighted by atomic mass is 9.99. The Kier molecular flexibility index (Phi) is 6.61. The average Bonchev–Trinajstić information content (AvgIpc) is 2.30. The Morgan fingerprint density at radius 1 is 1.17 bits per heavy atom. The van der Waals surface area contributed by atoms with Crippen molar-refractivity contribution in [2.45, 2.75) is 46.2 Å². The van der Waals surface area contributed by atoms with Crippen LogP contribution in [0.1, 0.15) is 34.1 Å². The molecule has 3 heteroatoms. The molecule has 0 radical (unpaired) electrons. The first-order chi connectivity index (χ1) is 8.41. The summed E-state index contributed by atoms with van der Waals surface area (Å²) in [7, 11) is 4.48. The predicted octanol–water partition coefficient (Wildman–Crippen LogP) is 1.99. The Labute approximate surface area is 114 Å². The molecule has 3 nitrogen and oxygen atoms in total. The lowest BCUT2D eigenvalue weighted by Gasteiger charge is -2.42. The van der Waals surface area contributed by atoms with Gasteiger partial charge in [0.05, 0.1) is 0 Å². The van der Waals surface area contributed by atoms with Crippen molar-refractivity contribution in [3.63, 3.8) is 0 Å². The first-order valence-electron chi connectivity index (χ1n) is 7.54. The second-order valence-electron chi connectivity index (χ2n) is 6.54. The molecule has 1 unspecified atom stereocenters. The van der Waals surface area contributed by atoms with E-state index in [0.717, 1.165) is 12.0 Å². The molecule has 0 aliphatic carbocycles. The van der Waals surface area contributed by atoms with Gasteiger partial charge in [0.25, 0.3) is 0 Å². The van der Waals surface area contributed by atoms with Crippen LogP contribution >= 0.6 is 0 Å². The summed E-state index contributed by atoms with van der Waals surface area (Å²) in [5.41, 5.74) is 0. The predicted molar refractivity (Wildman–Crippen MR) is 80.1 cm³/mol. The maximum absolute atomic E-state index is 2.71. The molecule has 1 saturated heterocycles. The molecule has 0 N–H and O–H groups in total. The lowest BCUT2D eigenvalue weighted by Crippen LogP contribution is -2.54. The van der Waals surface area contributed by atoms with Crippen LogP contribution in [-0.4, -0.2) is 73.6 Å². The maximum Gasteiger partial charge on any atom is 0.0246 e. The largest absolute Gasteiger partial charge is 0.304 e. The van der Waals surface area contributed by atoms with Crippen molar-refractivity contribution in [3.8, 4) is 0 Å². The second-order valence-corrected chi connectivity index (χ2v) is 6.54. The highest BCUT2D eigenvalue weighted by atomic mass is 15.3. The third kappa shape index (κ3) is 4.87. The van der Waals surface area contributed by atoms with Crippen LogP contribution in [0.5, 0.6) is 0 Å². The molecule has 0 aromatic heterocycles. The zero-order valence-corrected chi connectivity index (χ0v) is 13.3. The van der Waals surface area contributed by atoms with E-state index >= 15 is 0 Å². The smallest absolute Gasteiger partial charge is 0.0246 e. The normalized spacial score (nSPS) is 23.5. The van der Waals surface area contributed by atoms with Crippen LogP contribution in [0.25, 0.3) is 0 Å². The van der Waals surface area contributed by atoms with Crippen molar-refractivity contribution in [1.29, 1.82) is 0 Å². The summed E-state index contributed by atoms with van der Waals surface area (Å²) < 4.78 is 0. The molecular weight excluding hydrogens is 222 g/mol. The summed E-state index contributed by atoms with van der Waals surface area (Å²) in [6.07, 6.45) is 1.29. The van der Waals surface area contributed by atoms with Crippen molar-refractivity contribution >= 4 is 0 Å². The molecule has 1 rings (SSSR count). The van der Waals surface area contributed by atoms with E-state index in [0.29, 0.717) is 6.04 Å². The van der Waals surface area contributed by atoms with Gasteiger partial charge in [-0.05, 0) is 53.4 Å². The number of nitrogens with zero attached hydrogens (tertiary/aromatic N) is 3. The van der Waals surface area contributed by atoms with Gasteiger partial charge in [-0.25, -0.2) is 0 Å². The Morgan fingerprint density at radius 2 is 1.83 bits per heavy atom.